The summed E-state index contributed by atoms with van der Waals surface area (Å²) >= 11 is 5.59. The van der Waals surface area contributed by atoms with Gasteiger partial charge in [0.1, 0.15) is 11.5 Å². The number of amides is 1. The molecule has 29 heavy (non-hydrogen) atoms. The van der Waals surface area contributed by atoms with E-state index in [2.05, 4.69) is 20.7 Å². The van der Waals surface area contributed by atoms with Crippen molar-refractivity contribution in [3.8, 4) is 5.75 Å². The fourth-order valence-electron chi connectivity index (χ4n) is 3.92. The average molecular weight is 415 g/mol. The van der Waals surface area contributed by atoms with Crippen molar-refractivity contribution >= 4 is 23.2 Å². The van der Waals surface area contributed by atoms with Crippen LogP contribution in [-0.4, -0.2) is 40.8 Å². The largest absolute Gasteiger partial charge is 0.497 e. The lowest BCUT2D eigenvalue weighted by Crippen LogP contribution is -2.42. The number of thiocarbonyl (C=S) groups is 1. The first-order chi connectivity index (χ1) is 14.1. The van der Waals surface area contributed by atoms with Crippen molar-refractivity contribution in [3.05, 3.63) is 46.8 Å². The topological polar surface area (TPSA) is 79.6 Å². The van der Waals surface area contributed by atoms with Crippen LogP contribution in [0.2, 0.25) is 0 Å². The fourth-order valence-corrected chi connectivity index (χ4v) is 4.15. The zero-order valence-electron chi connectivity index (χ0n) is 16.6. The Hall–Kier alpha value is -2.61. The van der Waals surface area contributed by atoms with Gasteiger partial charge in [0.05, 0.1) is 13.7 Å². The Morgan fingerprint density at radius 3 is 2.79 bits per heavy atom. The first-order valence-corrected chi connectivity index (χ1v) is 10.5. The number of rotatable bonds is 5. The molecule has 0 spiro atoms. The van der Waals surface area contributed by atoms with Gasteiger partial charge in [-0.25, -0.2) is 0 Å². The van der Waals surface area contributed by atoms with Gasteiger partial charge >= 0.3 is 0 Å². The smallest absolute Gasteiger partial charge is 0.274 e. The monoisotopic (exact) mass is 414 g/mol. The second kappa shape index (κ2) is 8.82. The molecule has 1 amide bonds. The predicted octanol–water partition coefficient (Wildman–Crippen LogP) is 2.79. The number of methoxy groups -OCH3 is 1. The van der Waals surface area contributed by atoms with Crippen molar-refractivity contribution < 1.29 is 14.1 Å². The molecule has 0 unspecified atom stereocenters. The highest BCUT2D eigenvalue weighted by molar-refractivity contribution is 7.80. The Kier molecular flexibility index (Phi) is 5.99. The molecule has 1 aromatic carbocycles. The Bertz CT molecular complexity index is 875. The number of fused-ring (bicyclic) bond motifs is 1. The molecule has 154 valence electrons. The van der Waals surface area contributed by atoms with E-state index < -0.39 is 0 Å². The number of carbonyl (C=O) groups is 1. The van der Waals surface area contributed by atoms with Crippen LogP contribution in [0.15, 0.2) is 28.8 Å². The van der Waals surface area contributed by atoms with Crippen LogP contribution < -0.4 is 15.4 Å². The summed E-state index contributed by atoms with van der Waals surface area (Å²) in [6.07, 6.45) is 5.10. The number of aromatic nitrogens is 1. The summed E-state index contributed by atoms with van der Waals surface area (Å²) in [5, 5.41) is 11.1. The summed E-state index contributed by atoms with van der Waals surface area (Å²) < 4.78 is 10.6. The minimum Gasteiger partial charge on any atom is -0.497 e. The third-order valence-electron chi connectivity index (χ3n) is 5.62. The molecule has 7 nitrogen and oxygen atoms in total. The number of hydrogen-bond acceptors (Lipinski definition) is 5. The normalized spacial score (nSPS) is 16.4. The van der Waals surface area contributed by atoms with E-state index in [-0.39, 0.29) is 11.9 Å². The first-order valence-electron chi connectivity index (χ1n) is 10.1. The number of benzene rings is 1. The van der Waals surface area contributed by atoms with Gasteiger partial charge in [0, 0.05) is 31.1 Å². The molecule has 0 bridgehead atoms. The summed E-state index contributed by atoms with van der Waals surface area (Å²) in [6, 6.07) is 8.13. The van der Waals surface area contributed by atoms with Crippen molar-refractivity contribution in [2.24, 2.45) is 0 Å². The van der Waals surface area contributed by atoms with Gasteiger partial charge in [-0.2, -0.15) is 0 Å². The van der Waals surface area contributed by atoms with Gasteiger partial charge < -0.3 is 24.8 Å². The van der Waals surface area contributed by atoms with Crippen LogP contribution in [0.4, 0.5) is 0 Å². The van der Waals surface area contributed by atoms with Gasteiger partial charge in [-0.05, 0) is 42.8 Å². The van der Waals surface area contributed by atoms with E-state index in [0.717, 1.165) is 42.0 Å². The summed E-state index contributed by atoms with van der Waals surface area (Å²) in [7, 11) is 1.65. The second-order valence-electron chi connectivity index (χ2n) is 7.57. The fraction of sp³-hybridized carbons (Fsp3) is 0.476. The van der Waals surface area contributed by atoms with Crippen molar-refractivity contribution in [2.75, 3.05) is 13.7 Å². The molecule has 1 aromatic heterocycles. The maximum Gasteiger partial charge on any atom is 0.274 e. The van der Waals surface area contributed by atoms with Crippen LogP contribution in [-0.2, 0) is 19.5 Å². The van der Waals surface area contributed by atoms with Crippen LogP contribution in [0.1, 0.15) is 53.1 Å². The molecule has 1 fully saturated rings. The molecule has 0 radical (unpaired) electrons. The van der Waals surface area contributed by atoms with E-state index in [4.69, 9.17) is 21.5 Å². The third kappa shape index (κ3) is 4.53. The standard InChI is InChI=1S/C21H26N4O3S/c1-27-16-8-6-14(7-9-16)12-22-21(29)25-11-10-18-17(13-25)19(24-28-18)20(26)23-15-4-2-3-5-15/h6-9,15H,2-5,10-13H2,1H3,(H,22,29)(H,23,26). The molecular weight excluding hydrogens is 388 g/mol. The lowest BCUT2D eigenvalue weighted by Gasteiger charge is -2.29. The van der Waals surface area contributed by atoms with Crippen molar-refractivity contribution in [2.45, 2.75) is 51.2 Å². The number of ether oxygens (including phenoxy) is 1. The zero-order valence-corrected chi connectivity index (χ0v) is 17.4. The minimum atomic E-state index is -0.138. The first kappa shape index (κ1) is 19.7. The van der Waals surface area contributed by atoms with Gasteiger partial charge in [-0.1, -0.05) is 30.1 Å². The number of carbonyl (C=O) groups excluding carboxylic acids is 1. The quantitative estimate of drug-likeness (QED) is 0.728. The molecule has 1 saturated carbocycles. The third-order valence-corrected chi connectivity index (χ3v) is 6.03. The van der Waals surface area contributed by atoms with E-state index in [0.29, 0.717) is 30.3 Å². The molecule has 2 heterocycles. The maximum absolute atomic E-state index is 12.7. The van der Waals surface area contributed by atoms with Gasteiger partial charge in [0.2, 0.25) is 0 Å². The Balaban J connectivity index is 1.36. The van der Waals surface area contributed by atoms with E-state index in [1.165, 1.54) is 12.8 Å². The van der Waals surface area contributed by atoms with Gasteiger partial charge in [-0.3, -0.25) is 4.79 Å². The van der Waals surface area contributed by atoms with E-state index >= 15 is 0 Å². The number of nitrogens with one attached hydrogen (secondary N) is 2. The van der Waals surface area contributed by atoms with Crippen molar-refractivity contribution in [1.29, 1.82) is 0 Å². The van der Waals surface area contributed by atoms with Crippen LogP contribution in [0.3, 0.4) is 0 Å². The summed E-state index contributed by atoms with van der Waals surface area (Å²) in [4.78, 5) is 14.7. The highest BCUT2D eigenvalue weighted by Crippen LogP contribution is 2.24. The lowest BCUT2D eigenvalue weighted by molar-refractivity contribution is 0.0927. The Morgan fingerprint density at radius 1 is 1.31 bits per heavy atom. The predicted molar refractivity (Wildman–Crippen MR) is 113 cm³/mol. The molecule has 2 N–H and O–H groups in total. The van der Waals surface area contributed by atoms with Crippen LogP contribution >= 0.6 is 12.2 Å². The zero-order chi connectivity index (χ0) is 20.2. The van der Waals surface area contributed by atoms with E-state index in [9.17, 15) is 4.79 Å². The lowest BCUT2D eigenvalue weighted by atomic mass is 10.1. The Labute approximate surface area is 175 Å². The van der Waals surface area contributed by atoms with Crippen LogP contribution in [0.5, 0.6) is 5.75 Å². The van der Waals surface area contributed by atoms with Gasteiger partial charge in [-0.15, -0.1) is 0 Å². The van der Waals surface area contributed by atoms with Gasteiger partial charge in [0.15, 0.2) is 10.8 Å². The Morgan fingerprint density at radius 2 is 2.07 bits per heavy atom. The van der Waals surface area contributed by atoms with Crippen molar-refractivity contribution in [3.63, 3.8) is 0 Å². The number of nitrogens with zero attached hydrogens (tertiary/aromatic N) is 2. The summed E-state index contributed by atoms with van der Waals surface area (Å²) in [6.45, 7) is 1.89. The molecule has 0 saturated heterocycles. The molecular formula is C21H26N4O3S. The number of hydrogen-bond donors (Lipinski definition) is 2. The van der Waals surface area contributed by atoms with E-state index in [1.54, 1.807) is 7.11 Å². The SMILES string of the molecule is COc1ccc(CNC(=S)N2CCc3onc(C(=O)NC4CCCC4)c3C2)cc1. The molecule has 2 aliphatic rings. The van der Waals surface area contributed by atoms with Crippen LogP contribution in [0, 0.1) is 0 Å². The maximum atomic E-state index is 12.7. The highest BCUT2D eigenvalue weighted by atomic mass is 32.1. The van der Waals surface area contributed by atoms with Crippen LogP contribution in [0.25, 0.3) is 0 Å². The minimum absolute atomic E-state index is 0.138. The van der Waals surface area contributed by atoms with Gasteiger partial charge in [0.25, 0.3) is 5.91 Å². The molecule has 8 heteroatoms. The summed E-state index contributed by atoms with van der Waals surface area (Å²) in [5.74, 6) is 1.48. The van der Waals surface area contributed by atoms with E-state index in [1.807, 2.05) is 24.3 Å². The average Bonchev–Trinajstić information content (AvgIpc) is 3.41. The molecule has 4 rings (SSSR count). The molecule has 1 aliphatic carbocycles. The van der Waals surface area contributed by atoms with Crippen molar-refractivity contribution in [1.82, 2.24) is 20.7 Å². The molecule has 2 aromatic rings. The second-order valence-corrected chi connectivity index (χ2v) is 7.95. The summed E-state index contributed by atoms with van der Waals surface area (Å²) in [5.41, 5.74) is 2.36. The molecule has 1 aliphatic heterocycles. The highest BCUT2D eigenvalue weighted by Gasteiger charge is 2.29. The molecule has 0 atom stereocenters.